The van der Waals surface area contributed by atoms with E-state index in [0.717, 1.165) is 11.1 Å². The van der Waals surface area contributed by atoms with Gasteiger partial charge in [-0.25, -0.2) is 4.79 Å². The number of hydrogen-bond acceptors (Lipinski definition) is 5. The van der Waals surface area contributed by atoms with E-state index in [9.17, 15) is 5.11 Å². The minimum absolute atomic E-state index is 0. The minimum atomic E-state index is -0.298. The Hall–Kier alpha value is -2.50. The van der Waals surface area contributed by atoms with E-state index in [0.29, 0.717) is 5.75 Å². The van der Waals surface area contributed by atoms with Crippen LogP contribution in [0.3, 0.4) is 0 Å². The maximum Gasteiger partial charge on any atom is 0.119 e. The molecule has 0 heterocycles. The molecule has 0 saturated carbocycles. The number of hydrogen-bond donors (Lipinski definition) is 1. The molecule has 4 N–H and O–H groups in total. The molecule has 0 radical (unpaired) electrons. The molecule has 3 rings (SSSR count). The number of phenols is 1. The zero-order chi connectivity index (χ0) is 20.8. The van der Waals surface area contributed by atoms with Crippen LogP contribution in [0, 0.1) is 0 Å². The van der Waals surface area contributed by atoms with Gasteiger partial charge in [-0.3, -0.25) is 0 Å². The van der Waals surface area contributed by atoms with Gasteiger partial charge in [-0.15, -0.1) is 0 Å². The van der Waals surface area contributed by atoms with Crippen molar-refractivity contribution >= 4 is 5.94 Å². The third kappa shape index (κ3) is 7.28. The van der Waals surface area contributed by atoms with Crippen molar-refractivity contribution in [2.75, 3.05) is 0 Å². The second-order valence-electron chi connectivity index (χ2n) is 7.83. The zero-order valence-electron chi connectivity index (χ0n) is 18.9. The molecular formula is C26H31O5Ti-3. The minimum Gasteiger partial charge on any atom is -0.870 e. The van der Waals surface area contributed by atoms with Crippen LogP contribution in [-0.2, 0) is 37.3 Å². The van der Waals surface area contributed by atoms with E-state index in [1.54, 1.807) is 6.07 Å². The summed E-state index contributed by atoms with van der Waals surface area (Å²) in [6, 6.07) is 26.8. The predicted octanol–water partition coefficient (Wildman–Crippen LogP) is 5.52. The fraction of sp³-hybridized carbons (Fsp3) is 0.231. The van der Waals surface area contributed by atoms with Crippen LogP contribution in [0.25, 0.3) is 0 Å². The van der Waals surface area contributed by atoms with Crippen molar-refractivity contribution in [3.63, 3.8) is 0 Å². The van der Waals surface area contributed by atoms with Gasteiger partial charge in [0.05, 0.1) is 0 Å². The van der Waals surface area contributed by atoms with Crippen molar-refractivity contribution < 1.29 is 48.0 Å². The molecule has 172 valence electrons. The summed E-state index contributed by atoms with van der Waals surface area (Å²) in [7, 11) is 0. The van der Waals surface area contributed by atoms with Crippen molar-refractivity contribution in [3.05, 3.63) is 108 Å². The molecule has 0 aliphatic carbocycles. The third-order valence-electron chi connectivity index (χ3n) is 5.33. The van der Waals surface area contributed by atoms with Crippen LogP contribution in [0.2, 0.25) is 0 Å². The van der Waals surface area contributed by atoms with Gasteiger partial charge in [-0.2, -0.15) is 0 Å². The van der Waals surface area contributed by atoms with Crippen LogP contribution in [0.15, 0.2) is 85.4 Å². The number of carbonyl (C=O) groups excluding carboxylic acids is 1. The van der Waals surface area contributed by atoms with E-state index < -0.39 is 0 Å². The van der Waals surface area contributed by atoms with Crippen LogP contribution in [-0.4, -0.2) is 27.5 Å². The number of rotatable bonds is 4. The summed E-state index contributed by atoms with van der Waals surface area (Å²) in [5, 5.41) is 10.8. The predicted molar refractivity (Wildman–Crippen MR) is 122 cm³/mol. The fourth-order valence-corrected chi connectivity index (χ4v) is 3.73. The zero-order valence-corrected chi connectivity index (χ0v) is 20.5. The van der Waals surface area contributed by atoms with Crippen molar-refractivity contribution in [3.8, 4) is 5.75 Å². The smallest absolute Gasteiger partial charge is 0.119 e. The Morgan fingerprint density at radius 2 is 1.06 bits per heavy atom. The molecule has 5 nitrogen and oxygen atoms in total. The van der Waals surface area contributed by atoms with E-state index in [4.69, 9.17) is 4.79 Å². The second kappa shape index (κ2) is 14.5. The van der Waals surface area contributed by atoms with Gasteiger partial charge in [-0.05, 0) is 29.3 Å². The molecular weight excluding hydrogens is 440 g/mol. The monoisotopic (exact) mass is 471 g/mol. The molecule has 32 heavy (non-hydrogen) atoms. The average molecular weight is 471 g/mol. The molecule has 3 aromatic rings. The molecule has 0 unspecified atom stereocenters. The molecule has 0 aliphatic heterocycles. The molecule has 0 bridgehead atoms. The van der Waals surface area contributed by atoms with Gasteiger partial charge in [0, 0.05) is 38.1 Å². The molecule has 0 aromatic heterocycles. The summed E-state index contributed by atoms with van der Waals surface area (Å²) in [5.74, 6) is 1.61. The molecule has 0 fully saturated rings. The molecule has 0 amide bonds. The van der Waals surface area contributed by atoms with Gasteiger partial charge in [0.25, 0.3) is 0 Å². The van der Waals surface area contributed by atoms with E-state index in [2.05, 4.69) is 88.9 Å². The molecule has 0 spiro atoms. The summed E-state index contributed by atoms with van der Waals surface area (Å²) in [4.78, 5) is 8.57. The largest absolute Gasteiger partial charge is 0.870 e. The van der Waals surface area contributed by atoms with Crippen LogP contribution < -0.4 is 0 Å². The third-order valence-corrected chi connectivity index (χ3v) is 5.33. The molecule has 3 aromatic carbocycles. The van der Waals surface area contributed by atoms with Gasteiger partial charge < -0.3 is 21.5 Å². The standard InChI is InChI=1S/C24H26O.C2H2O.3H2O.Ti/c1-23(2,18-12-7-5-8-13-18)20-16-11-17-21(25)22(20)24(3,4)19-14-9-6-10-15-19;1-2-3;;;;/h5-17,25H,1-4H3;1H2;3*1H2;/p-3. The first kappa shape index (κ1) is 34.1. The number of phenolic OH excluding ortho intramolecular Hbond substituents is 1. The SMILES string of the molecule is C=C=O.CC(C)(c1ccccc1)c1cccc(O)c1C(C)(C)c1ccccc1.[OH-].[OH-].[OH-].[Ti]. The van der Waals surface area contributed by atoms with Gasteiger partial charge in [-0.1, -0.05) is 100 Å². The molecule has 0 saturated heterocycles. The number of aromatic hydroxyl groups is 1. The van der Waals surface area contributed by atoms with Crippen LogP contribution in [0.4, 0.5) is 0 Å². The quantitative estimate of drug-likeness (QED) is 0.396. The van der Waals surface area contributed by atoms with E-state index >= 15 is 0 Å². The average Bonchev–Trinajstić information content (AvgIpc) is 2.69. The first-order chi connectivity index (χ1) is 13.3. The van der Waals surface area contributed by atoms with Crippen LogP contribution in [0.5, 0.6) is 5.75 Å². The molecule has 0 atom stereocenters. The number of benzene rings is 3. The fourth-order valence-electron chi connectivity index (χ4n) is 3.73. The Morgan fingerprint density at radius 1 is 0.688 bits per heavy atom. The summed E-state index contributed by atoms with van der Waals surface area (Å²) in [6.07, 6.45) is 0. The second-order valence-corrected chi connectivity index (χ2v) is 7.83. The van der Waals surface area contributed by atoms with Crippen LogP contribution >= 0.6 is 0 Å². The Labute approximate surface area is 205 Å². The molecule has 0 aliphatic rings. The van der Waals surface area contributed by atoms with Gasteiger partial charge >= 0.3 is 0 Å². The van der Waals surface area contributed by atoms with Gasteiger partial charge in [0.15, 0.2) is 0 Å². The van der Waals surface area contributed by atoms with E-state index in [1.165, 1.54) is 17.1 Å². The summed E-state index contributed by atoms with van der Waals surface area (Å²) >= 11 is 0. The van der Waals surface area contributed by atoms with E-state index in [1.807, 2.05) is 18.2 Å². The van der Waals surface area contributed by atoms with Gasteiger partial charge in [0.1, 0.15) is 11.7 Å². The van der Waals surface area contributed by atoms with Crippen molar-refractivity contribution in [1.82, 2.24) is 0 Å². The first-order valence-corrected chi connectivity index (χ1v) is 9.35. The van der Waals surface area contributed by atoms with Gasteiger partial charge in [0.2, 0.25) is 0 Å². The summed E-state index contributed by atoms with van der Waals surface area (Å²) < 4.78 is 0. The Morgan fingerprint density at radius 3 is 1.47 bits per heavy atom. The summed E-state index contributed by atoms with van der Waals surface area (Å²) in [6.45, 7) is 11.5. The van der Waals surface area contributed by atoms with Crippen molar-refractivity contribution in [1.29, 1.82) is 0 Å². The molecule has 6 heteroatoms. The normalized spacial score (nSPS) is 9.75. The van der Waals surface area contributed by atoms with Crippen LogP contribution in [0.1, 0.15) is 49.9 Å². The maximum absolute atomic E-state index is 10.8. The summed E-state index contributed by atoms with van der Waals surface area (Å²) in [5.41, 5.74) is 4.09. The Bertz CT molecular complexity index is 948. The maximum atomic E-state index is 10.8. The van der Waals surface area contributed by atoms with Crippen molar-refractivity contribution in [2.45, 2.75) is 38.5 Å². The Balaban J connectivity index is -0.00000114. The Kier molecular flexibility index (Phi) is 15.5. The topological polar surface area (TPSA) is 127 Å². The van der Waals surface area contributed by atoms with Crippen molar-refractivity contribution in [2.24, 2.45) is 0 Å². The first-order valence-electron chi connectivity index (χ1n) is 9.35. The van der Waals surface area contributed by atoms with E-state index in [-0.39, 0.29) is 49.0 Å².